The molecule has 2 aromatic heterocycles. The molecule has 4 aromatic rings. The minimum absolute atomic E-state index is 0.150. The molecule has 4 fully saturated rings. The van der Waals surface area contributed by atoms with E-state index in [0.717, 1.165) is 55.9 Å². The summed E-state index contributed by atoms with van der Waals surface area (Å²) in [6.07, 6.45) is 3.70. The Morgan fingerprint density at radius 2 is 1.78 bits per heavy atom. The SMILES string of the molecule is CC1(C)[C@H](NC(=O)c2ccc(C#CC3CCN(CC4CN(c5ccc6nnn(C7CCC(=O)NC7=O)c(=O)c6c5)C4)CC3)nc2)C(C)(C)[C@H]1Oc1ccc(C#N)c(Cl)c1. The Kier molecular flexibility index (Phi) is 10.7. The number of benzene rings is 2. The number of anilines is 1. The molecule has 3 saturated heterocycles. The van der Waals surface area contributed by atoms with Gasteiger partial charge in [0.05, 0.1) is 21.5 Å². The lowest BCUT2D eigenvalue weighted by atomic mass is 9.49. The summed E-state index contributed by atoms with van der Waals surface area (Å²) >= 11 is 6.24. The van der Waals surface area contributed by atoms with Gasteiger partial charge < -0.3 is 19.9 Å². The van der Waals surface area contributed by atoms with Gasteiger partial charge in [0, 0.05) is 72.7 Å². The molecular formula is C44H46ClN9O5. The van der Waals surface area contributed by atoms with E-state index in [-0.39, 0.29) is 53.5 Å². The van der Waals surface area contributed by atoms with Gasteiger partial charge in [-0.1, -0.05) is 50.4 Å². The van der Waals surface area contributed by atoms with Crippen LogP contribution in [0.3, 0.4) is 0 Å². The van der Waals surface area contributed by atoms with Crippen LogP contribution in [0, 0.1) is 45.8 Å². The highest BCUT2D eigenvalue weighted by atomic mass is 35.5. The standard InChI is InChI=1S/C44H46ClN9O5/c1-43(2)41(44(3,4)42(43)59-32-11-7-28(21-46)34(45)20-32)49-38(56)29-6-9-30(47-22-29)8-5-26-15-17-52(18-16-26)23-27-24-53(25-27)31-10-12-35-33(19-31)40(58)54(51-50-35)36-13-14-37(55)48-39(36)57/h6-7,9-12,19-20,22,26-27,36,41-42H,13-18,23-25H2,1-4H3,(H,49,56)(H,48,55,57)/t36?,41-,42-. The average Bonchev–Trinajstić information content (AvgIpc) is 3.20. The lowest BCUT2D eigenvalue weighted by Gasteiger charge is -2.63. The van der Waals surface area contributed by atoms with Crippen LogP contribution in [0.25, 0.3) is 10.9 Å². The number of hydrogen-bond donors (Lipinski definition) is 2. The number of aromatic nitrogens is 4. The minimum Gasteiger partial charge on any atom is -0.489 e. The molecule has 1 saturated carbocycles. The number of nitriles is 1. The fourth-order valence-corrected chi connectivity index (χ4v) is 9.68. The zero-order valence-electron chi connectivity index (χ0n) is 33.5. The van der Waals surface area contributed by atoms with Gasteiger partial charge in [-0.15, -0.1) is 5.10 Å². The summed E-state index contributed by atoms with van der Waals surface area (Å²) in [6, 6.07) is 15.2. The minimum atomic E-state index is -0.854. The maximum atomic E-state index is 13.4. The first-order valence-corrected chi connectivity index (χ1v) is 20.4. The molecule has 0 radical (unpaired) electrons. The molecule has 59 heavy (non-hydrogen) atoms. The van der Waals surface area contributed by atoms with Crippen molar-refractivity contribution in [1.82, 2.24) is 35.5 Å². The fraction of sp³-hybridized carbons (Fsp3) is 0.455. The summed E-state index contributed by atoms with van der Waals surface area (Å²) in [5.74, 6) is 6.92. The van der Waals surface area contributed by atoms with E-state index in [1.54, 1.807) is 42.6 Å². The molecule has 0 bridgehead atoms. The number of piperidine rings is 2. The summed E-state index contributed by atoms with van der Waals surface area (Å²) in [6.45, 7) is 13.0. The number of pyridine rings is 1. The molecule has 4 aliphatic rings. The van der Waals surface area contributed by atoms with Crippen LogP contribution < -0.4 is 25.8 Å². The molecule has 5 heterocycles. The highest BCUT2D eigenvalue weighted by Gasteiger charge is 2.64. The van der Waals surface area contributed by atoms with Gasteiger partial charge in [-0.3, -0.25) is 24.5 Å². The van der Waals surface area contributed by atoms with Crippen molar-refractivity contribution in [2.24, 2.45) is 22.7 Å². The van der Waals surface area contributed by atoms with Crippen LogP contribution in [0.15, 0.2) is 59.5 Å². The molecule has 8 rings (SSSR count). The van der Waals surface area contributed by atoms with Crippen molar-refractivity contribution < 1.29 is 19.1 Å². The first kappa shape index (κ1) is 40.0. The van der Waals surface area contributed by atoms with E-state index in [0.29, 0.717) is 44.4 Å². The number of halogens is 1. The number of hydrogen-bond acceptors (Lipinski definition) is 11. The number of nitrogens with one attached hydrogen (secondary N) is 2. The Morgan fingerprint density at radius 3 is 2.46 bits per heavy atom. The number of rotatable bonds is 8. The van der Waals surface area contributed by atoms with E-state index in [1.807, 2.05) is 12.1 Å². The number of carbonyl (C=O) groups is 3. The van der Waals surface area contributed by atoms with Crippen molar-refractivity contribution >= 4 is 45.9 Å². The van der Waals surface area contributed by atoms with E-state index in [9.17, 15) is 24.4 Å². The Labute approximate surface area is 347 Å². The predicted molar refractivity (Wildman–Crippen MR) is 221 cm³/mol. The third-order valence-electron chi connectivity index (χ3n) is 12.5. The Hall–Kier alpha value is -5.83. The maximum Gasteiger partial charge on any atom is 0.278 e. The molecule has 1 unspecified atom stereocenters. The number of nitrogens with zero attached hydrogens (tertiary/aromatic N) is 7. The number of ether oxygens (including phenoxy) is 1. The van der Waals surface area contributed by atoms with Gasteiger partial charge in [-0.05, 0) is 80.7 Å². The molecule has 15 heteroatoms. The lowest BCUT2D eigenvalue weighted by Crippen LogP contribution is -2.74. The first-order chi connectivity index (χ1) is 28.2. The van der Waals surface area contributed by atoms with Gasteiger partial charge >= 0.3 is 0 Å². The average molecular weight is 816 g/mol. The summed E-state index contributed by atoms with van der Waals surface area (Å²) in [7, 11) is 0. The largest absolute Gasteiger partial charge is 0.489 e. The van der Waals surface area contributed by atoms with Crippen molar-refractivity contribution in [3.05, 3.63) is 86.9 Å². The van der Waals surface area contributed by atoms with Crippen molar-refractivity contribution in [3.8, 4) is 23.7 Å². The number of fused-ring (bicyclic) bond motifs is 1. The van der Waals surface area contributed by atoms with Crippen molar-refractivity contribution in [3.63, 3.8) is 0 Å². The fourth-order valence-electron chi connectivity index (χ4n) is 9.47. The number of carbonyl (C=O) groups excluding carboxylic acids is 3. The molecule has 1 atom stereocenters. The van der Waals surface area contributed by atoms with Crippen LogP contribution >= 0.6 is 11.6 Å². The van der Waals surface area contributed by atoms with Gasteiger partial charge in [0.15, 0.2) is 0 Å². The molecule has 304 valence electrons. The van der Waals surface area contributed by atoms with Gasteiger partial charge in [0.2, 0.25) is 5.91 Å². The molecular weight excluding hydrogens is 770 g/mol. The van der Waals surface area contributed by atoms with Crippen LogP contribution in [0.5, 0.6) is 5.75 Å². The molecule has 1 aliphatic carbocycles. The van der Waals surface area contributed by atoms with Crippen LogP contribution in [0.1, 0.15) is 81.0 Å². The lowest BCUT2D eigenvalue weighted by molar-refractivity contribution is -0.164. The smallest absolute Gasteiger partial charge is 0.278 e. The second-order valence-electron chi connectivity index (χ2n) is 17.4. The van der Waals surface area contributed by atoms with E-state index in [2.05, 4.69) is 81.3 Å². The second kappa shape index (κ2) is 15.7. The van der Waals surface area contributed by atoms with E-state index in [1.165, 1.54) is 0 Å². The predicted octanol–water partition coefficient (Wildman–Crippen LogP) is 4.50. The zero-order valence-corrected chi connectivity index (χ0v) is 34.3. The molecule has 3 aliphatic heterocycles. The monoisotopic (exact) mass is 815 g/mol. The second-order valence-corrected chi connectivity index (χ2v) is 17.8. The highest BCUT2D eigenvalue weighted by Crippen LogP contribution is 2.55. The number of imide groups is 1. The molecule has 2 aromatic carbocycles. The van der Waals surface area contributed by atoms with Crippen molar-refractivity contribution in [1.29, 1.82) is 5.26 Å². The highest BCUT2D eigenvalue weighted by molar-refractivity contribution is 6.31. The van der Waals surface area contributed by atoms with Crippen LogP contribution in [-0.4, -0.2) is 87.5 Å². The Bertz CT molecular complexity index is 2470. The van der Waals surface area contributed by atoms with Crippen LogP contribution in [0.2, 0.25) is 5.02 Å². The van der Waals surface area contributed by atoms with Crippen molar-refractivity contribution in [2.45, 2.75) is 71.6 Å². The molecule has 0 spiro atoms. The van der Waals surface area contributed by atoms with Gasteiger partial charge in [-0.2, -0.15) is 9.94 Å². The Morgan fingerprint density at radius 1 is 1.02 bits per heavy atom. The van der Waals surface area contributed by atoms with Gasteiger partial charge in [-0.25, -0.2) is 4.98 Å². The topological polar surface area (TPSA) is 175 Å². The van der Waals surface area contributed by atoms with Gasteiger partial charge in [0.1, 0.15) is 35.2 Å². The molecule has 14 nitrogen and oxygen atoms in total. The van der Waals surface area contributed by atoms with E-state index < -0.39 is 17.5 Å². The third-order valence-corrected chi connectivity index (χ3v) is 12.8. The number of amides is 3. The first-order valence-electron chi connectivity index (χ1n) is 20.1. The quantitative estimate of drug-likeness (QED) is 0.189. The molecule has 2 N–H and O–H groups in total. The summed E-state index contributed by atoms with van der Waals surface area (Å²) < 4.78 is 7.45. The summed E-state index contributed by atoms with van der Waals surface area (Å²) in [4.78, 5) is 59.9. The maximum absolute atomic E-state index is 13.4. The third kappa shape index (κ3) is 7.87. The van der Waals surface area contributed by atoms with E-state index in [4.69, 9.17) is 16.3 Å². The van der Waals surface area contributed by atoms with Crippen LogP contribution in [0.4, 0.5) is 5.69 Å². The summed E-state index contributed by atoms with van der Waals surface area (Å²) in [5, 5.41) is 23.6. The van der Waals surface area contributed by atoms with Crippen LogP contribution in [-0.2, 0) is 9.59 Å². The Balaban J connectivity index is 0.791. The normalized spacial score (nSPS) is 22.9. The van der Waals surface area contributed by atoms with Gasteiger partial charge in [0.25, 0.3) is 17.4 Å². The zero-order chi connectivity index (χ0) is 41.6. The van der Waals surface area contributed by atoms with Crippen molar-refractivity contribution in [2.75, 3.05) is 37.6 Å². The summed E-state index contributed by atoms with van der Waals surface area (Å²) in [5.41, 5.74) is 1.75. The van der Waals surface area contributed by atoms with E-state index >= 15 is 0 Å². The number of likely N-dealkylation sites (tertiary alicyclic amines) is 1. The molecule has 3 amide bonds.